The van der Waals surface area contributed by atoms with Crippen molar-refractivity contribution in [2.75, 3.05) is 0 Å². The van der Waals surface area contributed by atoms with Gasteiger partial charge < -0.3 is 0 Å². The van der Waals surface area contributed by atoms with E-state index in [1.807, 2.05) is 12.4 Å². The summed E-state index contributed by atoms with van der Waals surface area (Å²) in [5, 5.41) is 0. The summed E-state index contributed by atoms with van der Waals surface area (Å²) < 4.78 is 0. The first-order valence-corrected chi connectivity index (χ1v) is 6.45. The van der Waals surface area contributed by atoms with Crippen LogP contribution in [0.1, 0.15) is 39.2 Å². The lowest BCUT2D eigenvalue weighted by atomic mass is 9.97. The molecule has 0 aliphatic carbocycles. The standard InChI is InChI=1S/C16H23N/c1-4-10-17-13-16(11-14(2)3)12-15-8-6-5-7-9-15/h5-10,13-14H,4,11-12H2,1-3H3/b16-13+,17-10?. The Morgan fingerprint density at radius 1 is 1.24 bits per heavy atom. The molecule has 0 radical (unpaired) electrons. The van der Waals surface area contributed by atoms with Crippen LogP contribution in [0.2, 0.25) is 0 Å². The molecule has 0 unspecified atom stereocenters. The monoisotopic (exact) mass is 229 g/mol. The maximum atomic E-state index is 4.35. The van der Waals surface area contributed by atoms with Gasteiger partial charge in [0.1, 0.15) is 0 Å². The molecule has 0 heterocycles. The second-order valence-corrected chi connectivity index (χ2v) is 4.79. The van der Waals surface area contributed by atoms with Gasteiger partial charge in [0.15, 0.2) is 0 Å². The molecule has 1 aromatic carbocycles. The van der Waals surface area contributed by atoms with Crippen molar-refractivity contribution in [2.24, 2.45) is 10.9 Å². The molecule has 0 fully saturated rings. The molecule has 1 nitrogen and oxygen atoms in total. The van der Waals surface area contributed by atoms with Crippen LogP contribution in [0.25, 0.3) is 0 Å². The third-order valence-corrected chi connectivity index (χ3v) is 2.49. The van der Waals surface area contributed by atoms with Crippen molar-refractivity contribution < 1.29 is 0 Å². The van der Waals surface area contributed by atoms with Crippen molar-refractivity contribution in [3.8, 4) is 0 Å². The fraction of sp³-hybridized carbons (Fsp3) is 0.438. The highest BCUT2D eigenvalue weighted by molar-refractivity contribution is 5.57. The molecular weight excluding hydrogens is 206 g/mol. The molecule has 0 N–H and O–H groups in total. The van der Waals surface area contributed by atoms with Crippen LogP contribution < -0.4 is 0 Å². The highest BCUT2D eigenvalue weighted by atomic mass is 14.7. The van der Waals surface area contributed by atoms with E-state index in [4.69, 9.17) is 0 Å². The molecule has 0 amide bonds. The predicted molar refractivity (Wildman–Crippen MR) is 76.5 cm³/mol. The van der Waals surface area contributed by atoms with Crippen molar-refractivity contribution in [1.82, 2.24) is 0 Å². The predicted octanol–water partition coefficient (Wildman–Crippen LogP) is 4.64. The van der Waals surface area contributed by atoms with E-state index in [0.717, 1.165) is 19.3 Å². The van der Waals surface area contributed by atoms with Crippen LogP contribution in [0.5, 0.6) is 0 Å². The zero-order chi connectivity index (χ0) is 12.5. The lowest BCUT2D eigenvalue weighted by Crippen LogP contribution is -1.96. The summed E-state index contributed by atoms with van der Waals surface area (Å²) in [7, 11) is 0. The van der Waals surface area contributed by atoms with E-state index in [9.17, 15) is 0 Å². The number of aliphatic imine (C=N–C) groups is 1. The van der Waals surface area contributed by atoms with Crippen LogP contribution in [-0.4, -0.2) is 6.21 Å². The Bertz CT molecular complexity index is 360. The van der Waals surface area contributed by atoms with Crippen LogP contribution in [0, 0.1) is 5.92 Å². The van der Waals surface area contributed by atoms with E-state index >= 15 is 0 Å². The van der Waals surface area contributed by atoms with Crippen LogP contribution in [0.4, 0.5) is 0 Å². The average molecular weight is 229 g/mol. The summed E-state index contributed by atoms with van der Waals surface area (Å²) in [5.74, 6) is 0.682. The minimum absolute atomic E-state index is 0.682. The molecule has 17 heavy (non-hydrogen) atoms. The van der Waals surface area contributed by atoms with Gasteiger partial charge in [-0.1, -0.05) is 51.1 Å². The zero-order valence-electron chi connectivity index (χ0n) is 11.2. The molecule has 0 aliphatic rings. The Hall–Kier alpha value is -1.37. The van der Waals surface area contributed by atoms with E-state index in [2.05, 4.69) is 56.1 Å². The molecule has 0 spiro atoms. The van der Waals surface area contributed by atoms with Gasteiger partial charge in [0.05, 0.1) is 0 Å². The van der Waals surface area contributed by atoms with Crippen molar-refractivity contribution >= 4 is 6.21 Å². The smallest absolute Gasteiger partial charge is 0.0259 e. The minimum atomic E-state index is 0.682. The van der Waals surface area contributed by atoms with Crippen molar-refractivity contribution in [1.29, 1.82) is 0 Å². The summed E-state index contributed by atoms with van der Waals surface area (Å²) in [5.41, 5.74) is 2.78. The highest BCUT2D eigenvalue weighted by Gasteiger charge is 2.02. The number of hydrogen-bond acceptors (Lipinski definition) is 1. The Kier molecular flexibility index (Phi) is 6.31. The van der Waals surface area contributed by atoms with Crippen LogP contribution in [0.15, 0.2) is 47.1 Å². The molecule has 1 rings (SSSR count). The Morgan fingerprint density at radius 2 is 1.94 bits per heavy atom. The van der Waals surface area contributed by atoms with Gasteiger partial charge in [-0.2, -0.15) is 0 Å². The number of nitrogens with zero attached hydrogens (tertiary/aromatic N) is 1. The molecule has 0 aliphatic heterocycles. The second-order valence-electron chi connectivity index (χ2n) is 4.79. The Balaban J connectivity index is 2.70. The number of hydrogen-bond donors (Lipinski definition) is 0. The lowest BCUT2D eigenvalue weighted by Gasteiger charge is -2.09. The fourth-order valence-corrected chi connectivity index (χ4v) is 1.82. The second kappa shape index (κ2) is 7.83. The third-order valence-electron chi connectivity index (χ3n) is 2.49. The van der Waals surface area contributed by atoms with Gasteiger partial charge in [-0.05, 0) is 36.3 Å². The van der Waals surface area contributed by atoms with E-state index in [0.29, 0.717) is 5.92 Å². The molecule has 0 aromatic heterocycles. The van der Waals surface area contributed by atoms with Gasteiger partial charge in [-0.3, -0.25) is 4.99 Å². The molecule has 92 valence electrons. The molecule has 0 atom stereocenters. The normalized spacial score (nSPS) is 12.6. The van der Waals surface area contributed by atoms with Gasteiger partial charge in [0.2, 0.25) is 0 Å². The van der Waals surface area contributed by atoms with Crippen molar-refractivity contribution in [2.45, 2.75) is 40.0 Å². The SMILES string of the molecule is CCC=N/C=C(/Cc1ccccc1)CC(C)C. The molecule has 0 saturated heterocycles. The molecule has 1 heteroatoms. The van der Waals surface area contributed by atoms with Gasteiger partial charge in [0, 0.05) is 12.4 Å². The number of allylic oxidation sites excluding steroid dienone is 1. The van der Waals surface area contributed by atoms with E-state index in [1.165, 1.54) is 11.1 Å². The average Bonchev–Trinajstić information content (AvgIpc) is 2.30. The molecule has 0 bridgehead atoms. The summed E-state index contributed by atoms with van der Waals surface area (Å²) in [6, 6.07) is 10.6. The largest absolute Gasteiger partial charge is 0.269 e. The van der Waals surface area contributed by atoms with Gasteiger partial charge in [-0.15, -0.1) is 0 Å². The molecule has 1 aromatic rings. The van der Waals surface area contributed by atoms with Gasteiger partial charge in [0.25, 0.3) is 0 Å². The first-order valence-electron chi connectivity index (χ1n) is 6.45. The van der Waals surface area contributed by atoms with Crippen molar-refractivity contribution in [3.05, 3.63) is 47.7 Å². The van der Waals surface area contributed by atoms with Crippen LogP contribution in [-0.2, 0) is 6.42 Å². The topological polar surface area (TPSA) is 12.4 Å². The molecular formula is C16H23N. The highest BCUT2D eigenvalue weighted by Crippen LogP contribution is 2.16. The lowest BCUT2D eigenvalue weighted by molar-refractivity contribution is 0.632. The summed E-state index contributed by atoms with van der Waals surface area (Å²) >= 11 is 0. The van der Waals surface area contributed by atoms with Gasteiger partial charge in [-0.25, -0.2) is 0 Å². The van der Waals surface area contributed by atoms with Gasteiger partial charge >= 0.3 is 0 Å². The summed E-state index contributed by atoms with van der Waals surface area (Å²) in [4.78, 5) is 4.35. The Labute approximate surface area is 105 Å². The maximum absolute atomic E-state index is 4.35. The number of benzene rings is 1. The summed E-state index contributed by atoms with van der Waals surface area (Å²) in [6.45, 7) is 6.61. The van der Waals surface area contributed by atoms with Crippen molar-refractivity contribution in [3.63, 3.8) is 0 Å². The first kappa shape index (κ1) is 13.7. The Morgan fingerprint density at radius 3 is 2.53 bits per heavy atom. The summed E-state index contributed by atoms with van der Waals surface area (Å²) in [6.07, 6.45) is 7.13. The van der Waals surface area contributed by atoms with E-state index in [-0.39, 0.29) is 0 Å². The van der Waals surface area contributed by atoms with Crippen LogP contribution >= 0.6 is 0 Å². The third kappa shape index (κ3) is 6.06. The van der Waals surface area contributed by atoms with E-state index < -0.39 is 0 Å². The molecule has 0 saturated carbocycles. The van der Waals surface area contributed by atoms with E-state index in [1.54, 1.807) is 0 Å². The zero-order valence-corrected chi connectivity index (χ0v) is 11.2. The number of rotatable bonds is 6. The minimum Gasteiger partial charge on any atom is -0.269 e. The quantitative estimate of drug-likeness (QED) is 0.630. The maximum Gasteiger partial charge on any atom is 0.0259 e. The fourth-order valence-electron chi connectivity index (χ4n) is 1.82. The van der Waals surface area contributed by atoms with Crippen LogP contribution in [0.3, 0.4) is 0 Å². The first-order chi connectivity index (χ1) is 8.22.